The normalized spacial score (nSPS) is 17.5. The minimum atomic E-state index is 0.148. The molecule has 0 bridgehead atoms. The molecule has 0 radical (unpaired) electrons. The van der Waals surface area contributed by atoms with Gasteiger partial charge in [0.05, 0.1) is 11.9 Å². The largest absolute Gasteiger partial charge is 0.356 e. The van der Waals surface area contributed by atoms with Crippen molar-refractivity contribution in [2.75, 3.05) is 6.54 Å². The third-order valence-corrected chi connectivity index (χ3v) is 5.78. The Bertz CT molecular complexity index is 1190. The fourth-order valence-electron chi connectivity index (χ4n) is 4.43. The lowest BCUT2D eigenvalue weighted by Gasteiger charge is -2.22. The zero-order valence-electron chi connectivity index (χ0n) is 16.0. The first-order chi connectivity index (χ1) is 13.6. The Morgan fingerprint density at radius 3 is 2.89 bits per heavy atom. The van der Waals surface area contributed by atoms with Crippen LogP contribution in [0.5, 0.6) is 0 Å². The predicted octanol–water partition coefficient (Wildman–Crippen LogP) is 4.22. The van der Waals surface area contributed by atoms with E-state index in [2.05, 4.69) is 57.5 Å². The highest BCUT2D eigenvalue weighted by Crippen LogP contribution is 2.39. The Morgan fingerprint density at radius 2 is 2.07 bits per heavy atom. The number of carbonyl (C=O) groups is 1. The van der Waals surface area contributed by atoms with Crippen LogP contribution in [-0.4, -0.2) is 32.6 Å². The first kappa shape index (κ1) is 17.0. The lowest BCUT2D eigenvalue weighted by Crippen LogP contribution is -2.32. The molecule has 4 aromatic rings. The van der Waals surface area contributed by atoms with Gasteiger partial charge in [-0.25, -0.2) is 4.98 Å². The second-order valence-corrected chi connectivity index (χ2v) is 7.90. The van der Waals surface area contributed by atoms with Gasteiger partial charge < -0.3 is 10.3 Å². The summed E-state index contributed by atoms with van der Waals surface area (Å²) in [6.45, 7) is 5.20. The number of H-pyrrole nitrogens is 2. The number of amides is 1. The van der Waals surface area contributed by atoms with E-state index in [1.807, 2.05) is 18.5 Å². The van der Waals surface area contributed by atoms with E-state index >= 15 is 0 Å². The summed E-state index contributed by atoms with van der Waals surface area (Å²) < 4.78 is 0. The van der Waals surface area contributed by atoms with Crippen LogP contribution in [0.15, 0.2) is 36.7 Å². The highest BCUT2D eigenvalue weighted by Gasteiger charge is 2.23. The van der Waals surface area contributed by atoms with Gasteiger partial charge in [0.15, 0.2) is 5.65 Å². The Morgan fingerprint density at radius 1 is 1.18 bits per heavy atom. The fraction of sp³-hybridized carbons (Fsp3) is 0.318. The third-order valence-electron chi connectivity index (χ3n) is 5.78. The van der Waals surface area contributed by atoms with Crippen molar-refractivity contribution in [3.63, 3.8) is 0 Å². The Kier molecular flexibility index (Phi) is 3.93. The SMILES string of the molecule is CC(C)c1c(-c2ccnc3[nH]ncc23)[nH]c2ccc(C3CCNC(=O)C3)cc12. The van der Waals surface area contributed by atoms with Gasteiger partial charge in [-0.2, -0.15) is 5.10 Å². The van der Waals surface area contributed by atoms with Gasteiger partial charge >= 0.3 is 0 Å². The molecule has 28 heavy (non-hydrogen) atoms. The van der Waals surface area contributed by atoms with Crippen LogP contribution in [0, 0.1) is 0 Å². The summed E-state index contributed by atoms with van der Waals surface area (Å²) >= 11 is 0. The van der Waals surface area contributed by atoms with Crippen molar-refractivity contribution in [2.45, 2.75) is 38.5 Å². The summed E-state index contributed by atoms with van der Waals surface area (Å²) in [5.74, 6) is 0.788. The molecule has 1 saturated heterocycles. The first-order valence-corrected chi connectivity index (χ1v) is 9.82. The zero-order valence-corrected chi connectivity index (χ0v) is 16.0. The van der Waals surface area contributed by atoms with E-state index < -0.39 is 0 Å². The molecule has 1 fully saturated rings. The number of aromatic nitrogens is 4. The van der Waals surface area contributed by atoms with Crippen LogP contribution in [0.25, 0.3) is 33.2 Å². The van der Waals surface area contributed by atoms with E-state index in [1.54, 1.807) is 0 Å². The molecule has 0 saturated carbocycles. The molecule has 6 nitrogen and oxygen atoms in total. The second-order valence-electron chi connectivity index (χ2n) is 7.90. The van der Waals surface area contributed by atoms with Gasteiger partial charge in [0.2, 0.25) is 5.91 Å². The van der Waals surface area contributed by atoms with Gasteiger partial charge in [0.25, 0.3) is 0 Å². The standard InChI is InChI=1S/C22H23N5O/c1-12(2)20-16-9-13(14-5-7-23-19(28)10-14)3-4-18(16)26-21(20)15-6-8-24-22-17(15)11-25-27-22/h3-4,6,8-9,11-12,14,26H,5,7,10H2,1-2H3,(H,23,28)(H,24,25,27). The minimum Gasteiger partial charge on any atom is -0.356 e. The molecule has 1 atom stereocenters. The Labute approximate surface area is 162 Å². The van der Waals surface area contributed by atoms with Gasteiger partial charge in [0.1, 0.15) is 0 Å². The topological polar surface area (TPSA) is 86.5 Å². The zero-order chi connectivity index (χ0) is 19.3. The fourth-order valence-corrected chi connectivity index (χ4v) is 4.43. The van der Waals surface area contributed by atoms with Crippen LogP contribution >= 0.6 is 0 Å². The molecular formula is C22H23N5O. The molecule has 6 heteroatoms. The molecule has 142 valence electrons. The molecule has 1 amide bonds. The van der Waals surface area contributed by atoms with Gasteiger partial charge in [-0.15, -0.1) is 0 Å². The number of benzene rings is 1. The highest BCUT2D eigenvalue weighted by molar-refractivity contribution is 5.98. The van der Waals surface area contributed by atoms with Crippen molar-refractivity contribution in [3.05, 3.63) is 47.8 Å². The molecule has 0 spiro atoms. The van der Waals surface area contributed by atoms with E-state index in [0.717, 1.165) is 40.8 Å². The predicted molar refractivity (Wildman–Crippen MR) is 110 cm³/mol. The van der Waals surface area contributed by atoms with Crippen LogP contribution in [0.3, 0.4) is 0 Å². The third kappa shape index (κ3) is 2.68. The van der Waals surface area contributed by atoms with Crippen LogP contribution < -0.4 is 5.32 Å². The van der Waals surface area contributed by atoms with E-state index in [0.29, 0.717) is 12.3 Å². The van der Waals surface area contributed by atoms with Crippen LogP contribution in [-0.2, 0) is 4.79 Å². The van der Waals surface area contributed by atoms with Crippen molar-refractivity contribution in [1.82, 2.24) is 25.5 Å². The van der Waals surface area contributed by atoms with Crippen molar-refractivity contribution < 1.29 is 4.79 Å². The summed E-state index contributed by atoms with van der Waals surface area (Å²) in [6, 6.07) is 8.64. The van der Waals surface area contributed by atoms with E-state index in [9.17, 15) is 4.79 Å². The smallest absolute Gasteiger partial charge is 0.220 e. The van der Waals surface area contributed by atoms with Crippen LogP contribution in [0.4, 0.5) is 0 Å². The van der Waals surface area contributed by atoms with Crippen LogP contribution in [0.2, 0.25) is 0 Å². The average Bonchev–Trinajstić information content (AvgIpc) is 3.31. The summed E-state index contributed by atoms with van der Waals surface area (Å²) in [6.07, 6.45) is 5.21. The number of carbonyl (C=O) groups excluding carboxylic acids is 1. The van der Waals surface area contributed by atoms with Crippen LogP contribution in [0.1, 0.15) is 49.7 Å². The first-order valence-electron chi connectivity index (χ1n) is 9.82. The molecule has 1 aromatic carbocycles. The lowest BCUT2D eigenvalue weighted by molar-refractivity contribution is -0.122. The Hall–Kier alpha value is -3.15. The van der Waals surface area contributed by atoms with Gasteiger partial charge in [-0.05, 0) is 47.6 Å². The number of rotatable bonds is 3. The molecule has 4 heterocycles. The number of nitrogens with one attached hydrogen (secondary N) is 3. The van der Waals surface area contributed by atoms with Crippen molar-refractivity contribution in [2.24, 2.45) is 0 Å². The molecule has 5 rings (SSSR count). The van der Waals surface area contributed by atoms with Crippen molar-refractivity contribution in [3.8, 4) is 11.3 Å². The number of nitrogens with zero attached hydrogens (tertiary/aromatic N) is 2. The number of pyridine rings is 1. The molecule has 3 N–H and O–H groups in total. The number of hydrogen-bond donors (Lipinski definition) is 3. The average molecular weight is 373 g/mol. The van der Waals surface area contributed by atoms with Gasteiger partial charge in [-0.1, -0.05) is 19.9 Å². The summed E-state index contributed by atoms with van der Waals surface area (Å²) in [7, 11) is 0. The molecule has 0 aliphatic carbocycles. The maximum Gasteiger partial charge on any atom is 0.220 e. The Balaban J connectivity index is 1.69. The number of hydrogen-bond acceptors (Lipinski definition) is 3. The lowest BCUT2D eigenvalue weighted by atomic mass is 9.88. The number of piperidine rings is 1. The molecular weight excluding hydrogens is 350 g/mol. The molecule has 1 aliphatic rings. The van der Waals surface area contributed by atoms with E-state index in [1.165, 1.54) is 16.5 Å². The van der Waals surface area contributed by atoms with Gasteiger partial charge in [-0.3, -0.25) is 9.89 Å². The highest BCUT2D eigenvalue weighted by atomic mass is 16.1. The van der Waals surface area contributed by atoms with Gasteiger partial charge in [0, 0.05) is 41.0 Å². The number of aromatic amines is 2. The molecule has 1 aliphatic heterocycles. The quantitative estimate of drug-likeness (QED) is 0.502. The summed E-state index contributed by atoms with van der Waals surface area (Å²) in [4.78, 5) is 19.8. The molecule has 3 aromatic heterocycles. The summed E-state index contributed by atoms with van der Waals surface area (Å²) in [5, 5.41) is 12.3. The maximum absolute atomic E-state index is 11.8. The van der Waals surface area contributed by atoms with Crippen molar-refractivity contribution >= 4 is 27.8 Å². The molecule has 1 unspecified atom stereocenters. The monoisotopic (exact) mass is 373 g/mol. The second kappa shape index (κ2) is 6.48. The number of fused-ring (bicyclic) bond motifs is 2. The maximum atomic E-state index is 11.8. The van der Waals surface area contributed by atoms with E-state index in [4.69, 9.17) is 0 Å². The summed E-state index contributed by atoms with van der Waals surface area (Å²) in [5.41, 5.74) is 6.69. The van der Waals surface area contributed by atoms with Crippen molar-refractivity contribution in [1.29, 1.82) is 0 Å². The van der Waals surface area contributed by atoms with E-state index in [-0.39, 0.29) is 11.8 Å². The minimum absolute atomic E-state index is 0.148.